The van der Waals surface area contributed by atoms with Gasteiger partial charge >= 0.3 is 6.03 Å². The first kappa shape index (κ1) is 21.8. The lowest BCUT2D eigenvalue weighted by Gasteiger charge is -2.43. The Hall–Kier alpha value is -3.00. The van der Waals surface area contributed by atoms with E-state index < -0.39 is 17.7 Å². The van der Waals surface area contributed by atoms with E-state index in [0.717, 1.165) is 18.4 Å². The van der Waals surface area contributed by atoms with Crippen LogP contribution in [-0.4, -0.2) is 26.7 Å². The van der Waals surface area contributed by atoms with E-state index in [1.165, 1.54) is 12.1 Å². The molecule has 2 heterocycles. The van der Waals surface area contributed by atoms with E-state index in [1.807, 2.05) is 20.8 Å². The lowest BCUT2D eigenvalue weighted by molar-refractivity contribution is -0.0697. The topological polar surface area (TPSA) is 100 Å². The maximum Gasteiger partial charge on any atom is 0.319 e. The molecule has 0 saturated heterocycles. The minimum atomic E-state index is -0.531. The molecule has 0 spiro atoms. The van der Waals surface area contributed by atoms with E-state index in [4.69, 9.17) is 4.42 Å². The van der Waals surface area contributed by atoms with Crippen molar-refractivity contribution in [3.05, 3.63) is 53.6 Å². The van der Waals surface area contributed by atoms with Crippen molar-refractivity contribution in [1.29, 1.82) is 0 Å². The van der Waals surface area contributed by atoms with Crippen LogP contribution in [0.25, 0.3) is 11.0 Å². The van der Waals surface area contributed by atoms with Gasteiger partial charge in [-0.2, -0.15) is 0 Å². The van der Waals surface area contributed by atoms with Gasteiger partial charge in [-0.25, -0.2) is 19.2 Å². The Morgan fingerprint density at radius 3 is 2.58 bits per heavy atom. The normalized spacial score (nSPS) is 23.4. The van der Waals surface area contributed by atoms with Crippen LogP contribution in [0.15, 0.2) is 35.0 Å². The zero-order chi connectivity index (χ0) is 23.3. The number of rotatable bonds is 6. The second kappa shape index (κ2) is 8.09. The van der Waals surface area contributed by atoms with Crippen molar-refractivity contribution in [2.45, 2.75) is 64.0 Å². The fourth-order valence-electron chi connectivity index (χ4n) is 4.90. The first-order chi connectivity index (χ1) is 15.7. The standard InChI is InChI=1S/C25H29FN4O3/c1-13(2)21(22-14(3)19-8-17(26)6-7-20(19)33-22)30-24(31)29-18-11-27-23(28-12-18)15-9-25(32,10-15)16-4-5-16/h6-8,11-13,15-16,21,32H,4-5,9-10H2,1-3H3,(H2,29,30,31)/t15?,21-,25?/m1/s1. The molecular weight excluding hydrogens is 423 g/mol. The van der Waals surface area contributed by atoms with Gasteiger partial charge in [-0.1, -0.05) is 13.8 Å². The fraction of sp³-hybridized carbons (Fsp3) is 0.480. The first-order valence-corrected chi connectivity index (χ1v) is 11.5. The number of aromatic nitrogens is 2. The summed E-state index contributed by atoms with van der Waals surface area (Å²) in [4.78, 5) is 21.5. The van der Waals surface area contributed by atoms with E-state index >= 15 is 0 Å². The molecule has 2 saturated carbocycles. The second-order valence-electron chi connectivity index (χ2n) is 9.86. The lowest BCUT2D eigenvalue weighted by atomic mass is 9.68. The van der Waals surface area contributed by atoms with Crippen LogP contribution in [0.3, 0.4) is 0 Å². The number of anilines is 1. The van der Waals surface area contributed by atoms with Crippen LogP contribution in [0.5, 0.6) is 0 Å². The maximum atomic E-state index is 13.7. The van der Waals surface area contributed by atoms with Gasteiger partial charge in [0.15, 0.2) is 0 Å². The van der Waals surface area contributed by atoms with Crippen LogP contribution in [0.4, 0.5) is 14.9 Å². The number of hydrogen-bond donors (Lipinski definition) is 3. The van der Waals surface area contributed by atoms with Gasteiger partial charge in [-0.15, -0.1) is 0 Å². The molecule has 0 bridgehead atoms. The van der Waals surface area contributed by atoms with E-state index in [9.17, 15) is 14.3 Å². The number of urea groups is 1. The van der Waals surface area contributed by atoms with Gasteiger partial charge in [0.05, 0.1) is 29.7 Å². The number of furan rings is 1. The van der Waals surface area contributed by atoms with E-state index in [1.54, 1.807) is 18.5 Å². The van der Waals surface area contributed by atoms with E-state index in [0.29, 0.717) is 47.0 Å². The third kappa shape index (κ3) is 4.19. The molecule has 174 valence electrons. The monoisotopic (exact) mass is 452 g/mol. The average molecular weight is 453 g/mol. The zero-order valence-corrected chi connectivity index (χ0v) is 19.1. The molecule has 0 unspecified atom stereocenters. The summed E-state index contributed by atoms with van der Waals surface area (Å²) in [6.07, 6.45) is 6.84. The number of carbonyl (C=O) groups is 1. The number of aliphatic hydroxyl groups is 1. The van der Waals surface area contributed by atoms with Crippen LogP contribution in [-0.2, 0) is 0 Å². The van der Waals surface area contributed by atoms with Gasteiger partial charge in [0, 0.05) is 16.9 Å². The number of nitrogens with one attached hydrogen (secondary N) is 2. The summed E-state index contributed by atoms with van der Waals surface area (Å²) in [7, 11) is 0. The molecule has 0 radical (unpaired) electrons. The lowest BCUT2D eigenvalue weighted by Crippen LogP contribution is -2.45. The molecule has 2 aliphatic rings. The van der Waals surface area contributed by atoms with Gasteiger partial charge in [0.25, 0.3) is 0 Å². The Morgan fingerprint density at radius 1 is 1.24 bits per heavy atom. The average Bonchev–Trinajstić information content (AvgIpc) is 3.56. The molecule has 3 aromatic rings. The molecule has 8 heteroatoms. The van der Waals surface area contributed by atoms with E-state index in [-0.39, 0.29) is 17.7 Å². The second-order valence-corrected chi connectivity index (χ2v) is 9.86. The Bertz CT molecular complexity index is 1180. The molecule has 2 fully saturated rings. The highest BCUT2D eigenvalue weighted by molar-refractivity contribution is 5.89. The SMILES string of the molecule is Cc1c([C@H](NC(=O)Nc2cnc(C3CC(O)(C4CC4)C3)nc2)C(C)C)oc2ccc(F)cc12. The van der Waals surface area contributed by atoms with Gasteiger partial charge in [-0.3, -0.25) is 0 Å². The number of benzene rings is 1. The summed E-state index contributed by atoms with van der Waals surface area (Å²) >= 11 is 0. The predicted octanol–water partition coefficient (Wildman–Crippen LogP) is 5.21. The van der Waals surface area contributed by atoms with E-state index in [2.05, 4.69) is 20.6 Å². The van der Waals surface area contributed by atoms with Gasteiger partial charge in [0.1, 0.15) is 23.0 Å². The summed E-state index contributed by atoms with van der Waals surface area (Å²) < 4.78 is 19.6. The number of amides is 2. The number of nitrogens with zero attached hydrogens (tertiary/aromatic N) is 2. The van der Waals surface area contributed by atoms with Crippen molar-refractivity contribution in [1.82, 2.24) is 15.3 Å². The number of halogens is 1. The quantitative estimate of drug-likeness (QED) is 0.477. The number of carbonyl (C=O) groups excluding carboxylic acids is 1. The van der Waals surface area contributed by atoms with Crippen molar-refractivity contribution in [2.24, 2.45) is 11.8 Å². The van der Waals surface area contributed by atoms with Crippen molar-refractivity contribution in [3.8, 4) is 0 Å². The third-order valence-corrected chi connectivity index (χ3v) is 7.00. The molecule has 3 N–H and O–H groups in total. The van der Waals surface area contributed by atoms with Crippen molar-refractivity contribution in [3.63, 3.8) is 0 Å². The van der Waals surface area contributed by atoms with Gasteiger partial charge in [-0.05, 0) is 62.6 Å². The Morgan fingerprint density at radius 2 is 1.94 bits per heavy atom. The molecular formula is C25H29FN4O3. The molecule has 1 aromatic carbocycles. The fourth-order valence-corrected chi connectivity index (χ4v) is 4.90. The number of hydrogen-bond acceptors (Lipinski definition) is 5. The maximum absolute atomic E-state index is 13.7. The Labute approximate surface area is 191 Å². The van der Waals surface area contributed by atoms with Crippen molar-refractivity contribution >= 4 is 22.7 Å². The first-order valence-electron chi connectivity index (χ1n) is 11.5. The Balaban J connectivity index is 1.24. The third-order valence-electron chi connectivity index (χ3n) is 7.00. The summed E-state index contributed by atoms with van der Waals surface area (Å²) in [5.74, 6) is 1.65. The summed E-state index contributed by atoms with van der Waals surface area (Å²) in [6, 6.07) is 3.62. The van der Waals surface area contributed by atoms with Crippen molar-refractivity contribution in [2.75, 3.05) is 5.32 Å². The highest BCUT2D eigenvalue weighted by Crippen LogP contribution is 2.55. The van der Waals surface area contributed by atoms with Crippen LogP contribution < -0.4 is 10.6 Å². The zero-order valence-electron chi connectivity index (χ0n) is 19.1. The number of aryl methyl sites for hydroxylation is 1. The van der Waals surface area contributed by atoms with Gasteiger partial charge < -0.3 is 20.2 Å². The van der Waals surface area contributed by atoms with Gasteiger partial charge in [0.2, 0.25) is 0 Å². The summed E-state index contributed by atoms with van der Waals surface area (Å²) in [5, 5.41) is 17.0. The Kier molecular flexibility index (Phi) is 5.35. The predicted molar refractivity (Wildman–Crippen MR) is 122 cm³/mol. The summed E-state index contributed by atoms with van der Waals surface area (Å²) in [5.41, 5.74) is 1.35. The highest BCUT2D eigenvalue weighted by atomic mass is 19.1. The van der Waals surface area contributed by atoms with Crippen LogP contribution in [0.2, 0.25) is 0 Å². The van der Waals surface area contributed by atoms with Crippen molar-refractivity contribution < 1.29 is 18.7 Å². The molecule has 2 aromatic heterocycles. The van der Waals surface area contributed by atoms with Crippen LogP contribution in [0.1, 0.15) is 68.6 Å². The van der Waals surface area contributed by atoms with Crippen LogP contribution in [0, 0.1) is 24.6 Å². The molecule has 5 rings (SSSR count). The molecule has 2 aliphatic carbocycles. The molecule has 0 aliphatic heterocycles. The highest BCUT2D eigenvalue weighted by Gasteiger charge is 2.53. The smallest absolute Gasteiger partial charge is 0.319 e. The minimum Gasteiger partial charge on any atom is -0.459 e. The number of fused-ring (bicyclic) bond motifs is 1. The minimum absolute atomic E-state index is 0.0438. The molecule has 1 atom stereocenters. The molecule has 7 nitrogen and oxygen atoms in total. The summed E-state index contributed by atoms with van der Waals surface area (Å²) in [6.45, 7) is 5.84. The largest absolute Gasteiger partial charge is 0.459 e. The molecule has 33 heavy (non-hydrogen) atoms. The molecule has 2 amide bonds. The van der Waals surface area contributed by atoms with Crippen LogP contribution >= 0.6 is 0 Å².